The molecule has 3 aromatic carbocycles. The monoisotopic (exact) mass is 453 g/mol. The highest BCUT2D eigenvalue weighted by atomic mass is 35.5. The summed E-state index contributed by atoms with van der Waals surface area (Å²) in [6.45, 7) is 2.27. The summed E-state index contributed by atoms with van der Waals surface area (Å²) in [6.07, 6.45) is 1.58. The van der Waals surface area contributed by atoms with Crippen LogP contribution in [0.1, 0.15) is 22.8 Å². The summed E-state index contributed by atoms with van der Waals surface area (Å²) in [5.74, 6) is 0.316. The number of hydrogen-bond donors (Lipinski definition) is 2. The molecule has 0 atom stereocenters. The van der Waals surface area contributed by atoms with Crippen molar-refractivity contribution < 1.29 is 14.3 Å². The van der Waals surface area contributed by atoms with Gasteiger partial charge in [-0.1, -0.05) is 35.9 Å². The van der Waals surface area contributed by atoms with Gasteiger partial charge in [-0.15, -0.1) is 0 Å². The second-order valence-corrected chi connectivity index (χ2v) is 7.07. The lowest BCUT2D eigenvalue weighted by Crippen LogP contribution is -2.23. The fraction of sp³-hybridized carbons (Fsp3) is 0.0870. The number of ether oxygens (including phenoxy) is 2. The summed E-state index contributed by atoms with van der Waals surface area (Å²) >= 11 is 11.2. The van der Waals surface area contributed by atoms with Gasteiger partial charge in [0.15, 0.2) is 16.6 Å². The molecule has 31 heavy (non-hydrogen) atoms. The average Bonchev–Trinajstić information content (AvgIpc) is 2.76. The average molecular weight is 454 g/mol. The van der Waals surface area contributed by atoms with E-state index in [1.807, 2.05) is 25.1 Å². The zero-order valence-electron chi connectivity index (χ0n) is 16.7. The summed E-state index contributed by atoms with van der Waals surface area (Å²) in [7, 11) is 0. The fourth-order valence-electron chi connectivity index (χ4n) is 2.58. The third-order valence-electron chi connectivity index (χ3n) is 3.94. The Bertz CT molecular complexity index is 1090. The number of nitrogens with one attached hydrogen (secondary N) is 2. The number of nitrogens with zero attached hydrogens (tertiary/aromatic N) is 1. The number of benzene rings is 3. The van der Waals surface area contributed by atoms with E-state index < -0.39 is 5.97 Å². The molecule has 6 nitrogen and oxygen atoms in total. The molecule has 0 bridgehead atoms. The van der Waals surface area contributed by atoms with Crippen LogP contribution in [0.25, 0.3) is 0 Å². The van der Waals surface area contributed by atoms with E-state index in [0.717, 1.165) is 11.3 Å². The zero-order chi connectivity index (χ0) is 22.1. The molecular formula is C23H20ClN3O3S. The van der Waals surface area contributed by atoms with E-state index in [2.05, 4.69) is 15.8 Å². The van der Waals surface area contributed by atoms with E-state index in [-0.39, 0.29) is 0 Å². The van der Waals surface area contributed by atoms with Crippen LogP contribution in [0, 0.1) is 0 Å². The Morgan fingerprint density at radius 1 is 1.06 bits per heavy atom. The summed E-state index contributed by atoms with van der Waals surface area (Å²) in [6, 6.07) is 21.1. The largest absolute Gasteiger partial charge is 0.490 e. The molecule has 0 fully saturated rings. The number of esters is 1. The van der Waals surface area contributed by atoms with E-state index in [1.165, 1.54) is 0 Å². The molecule has 0 saturated heterocycles. The first kappa shape index (κ1) is 22.3. The van der Waals surface area contributed by atoms with Gasteiger partial charge in [0.25, 0.3) is 0 Å². The first-order chi connectivity index (χ1) is 15.0. The van der Waals surface area contributed by atoms with Crippen molar-refractivity contribution in [3.05, 3.63) is 88.9 Å². The number of hydrazone groups is 1. The molecule has 8 heteroatoms. The van der Waals surface area contributed by atoms with Gasteiger partial charge in [-0.25, -0.2) is 4.79 Å². The van der Waals surface area contributed by atoms with Crippen molar-refractivity contribution in [1.82, 2.24) is 5.43 Å². The normalized spacial score (nSPS) is 10.5. The van der Waals surface area contributed by atoms with Crippen molar-refractivity contribution in [2.75, 3.05) is 11.9 Å². The van der Waals surface area contributed by atoms with Crippen LogP contribution >= 0.6 is 23.8 Å². The quantitative estimate of drug-likeness (QED) is 0.167. The molecule has 3 aromatic rings. The predicted molar refractivity (Wildman–Crippen MR) is 127 cm³/mol. The Labute approximate surface area is 190 Å². The van der Waals surface area contributed by atoms with Gasteiger partial charge in [0.1, 0.15) is 0 Å². The number of rotatable bonds is 7. The van der Waals surface area contributed by atoms with E-state index in [1.54, 1.807) is 60.8 Å². The van der Waals surface area contributed by atoms with Crippen LogP contribution in [0.5, 0.6) is 11.5 Å². The molecule has 0 saturated carbocycles. The Hall–Kier alpha value is -3.42. The Balaban J connectivity index is 1.64. The minimum atomic E-state index is -0.456. The smallest absolute Gasteiger partial charge is 0.343 e. The topological polar surface area (TPSA) is 71.9 Å². The summed E-state index contributed by atoms with van der Waals surface area (Å²) in [5, 5.41) is 8.03. The van der Waals surface area contributed by atoms with Crippen LogP contribution < -0.4 is 20.2 Å². The molecule has 0 unspecified atom stereocenters. The van der Waals surface area contributed by atoms with Gasteiger partial charge >= 0.3 is 5.97 Å². The van der Waals surface area contributed by atoms with Gasteiger partial charge in [-0.05, 0) is 73.2 Å². The number of carbonyl (C=O) groups is 1. The van der Waals surface area contributed by atoms with Crippen LogP contribution in [-0.2, 0) is 0 Å². The Morgan fingerprint density at radius 3 is 2.61 bits per heavy atom. The number of anilines is 1. The van der Waals surface area contributed by atoms with Crippen LogP contribution in [0.15, 0.2) is 77.9 Å². The van der Waals surface area contributed by atoms with Gasteiger partial charge in [0, 0.05) is 10.7 Å². The third-order valence-corrected chi connectivity index (χ3v) is 4.37. The molecule has 2 N–H and O–H groups in total. The molecule has 0 aliphatic rings. The molecule has 0 heterocycles. The van der Waals surface area contributed by atoms with Crippen molar-refractivity contribution in [3.8, 4) is 11.5 Å². The molecule has 0 radical (unpaired) electrons. The van der Waals surface area contributed by atoms with Gasteiger partial charge in [-0.2, -0.15) is 5.10 Å². The minimum Gasteiger partial charge on any atom is -0.490 e. The fourth-order valence-corrected chi connectivity index (χ4v) is 2.94. The molecule has 0 aromatic heterocycles. The van der Waals surface area contributed by atoms with Gasteiger partial charge in [-0.3, -0.25) is 5.43 Å². The van der Waals surface area contributed by atoms with E-state index in [0.29, 0.717) is 33.8 Å². The molecule has 0 aliphatic carbocycles. The van der Waals surface area contributed by atoms with Gasteiger partial charge < -0.3 is 14.8 Å². The second-order valence-electron chi connectivity index (χ2n) is 6.23. The highest BCUT2D eigenvalue weighted by molar-refractivity contribution is 7.80. The molecule has 0 aliphatic heterocycles. The highest BCUT2D eigenvalue weighted by Gasteiger charge is 2.12. The standard InChI is InChI=1S/C23H20ClN3O3S/c1-2-29-21-13-16(11-12-20(21)30-22(28)17-7-4-3-5-8-17)15-25-27-23(31)26-19-10-6-9-18(24)14-19/h3-15H,2H2,1H3,(H2,26,27,31)/b25-15+. The number of thiocarbonyl (C=S) groups is 1. The highest BCUT2D eigenvalue weighted by Crippen LogP contribution is 2.29. The summed E-state index contributed by atoms with van der Waals surface area (Å²) < 4.78 is 11.1. The van der Waals surface area contributed by atoms with Gasteiger partial charge in [0.2, 0.25) is 0 Å². The summed E-state index contributed by atoms with van der Waals surface area (Å²) in [4.78, 5) is 12.3. The minimum absolute atomic E-state index is 0.317. The lowest BCUT2D eigenvalue weighted by molar-refractivity contribution is 0.0728. The van der Waals surface area contributed by atoms with Crippen LogP contribution in [0.3, 0.4) is 0 Å². The second kappa shape index (κ2) is 11.1. The third kappa shape index (κ3) is 6.80. The van der Waals surface area contributed by atoms with Crippen molar-refractivity contribution in [2.24, 2.45) is 5.10 Å². The van der Waals surface area contributed by atoms with Crippen LogP contribution in [0.4, 0.5) is 5.69 Å². The van der Waals surface area contributed by atoms with Crippen molar-refractivity contribution in [2.45, 2.75) is 6.92 Å². The molecule has 0 spiro atoms. The number of carbonyl (C=O) groups excluding carboxylic acids is 1. The number of halogens is 1. The maximum Gasteiger partial charge on any atom is 0.343 e. The zero-order valence-corrected chi connectivity index (χ0v) is 18.2. The van der Waals surface area contributed by atoms with Crippen LogP contribution in [-0.4, -0.2) is 23.9 Å². The lowest BCUT2D eigenvalue weighted by atomic mass is 10.2. The molecular weight excluding hydrogens is 434 g/mol. The van der Waals surface area contributed by atoms with E-state index in [4.69, 9.17) is 33.3 Å². The number of hydrogen-bond acceptors (Lipinski definition) is 5. The maximum atomic E-state index is 12.3. The molecule has 3 rings (SSSR count). The predicted octanol–water partition coefficient (Wildman–Crippen LogP) is 5.28. The maximum absolute atomic E-state index is 12.3. The molecule has 0 amide bonds. The van der Waals surface area contributed by atoms with E-state index >= 15 is 0 Å². The van der Waals surface area contributed by atoms with Crippen molar-refractivity contribution in [3.63, 3.8) is 0 Å². The van der Waals surface area contributed by atoms with Crippen molar-refractivity contribution in [1.29, 1.82) is 0 Å². The summed E-state index contributed by atoms with van der Waals surface area (Å²) in [5.41, 5.74) is 4.69. The van der Waals surface area contributed by atoms with E-state index in [9.17, 15) is 4.79 Å². The first-order valence-corrected chi connectivity index (χ1v) is 10.2. The lowest BCUT2D eigenvalue weighted by Gasteiger charge is -2.11. The Kier molecular flexibility index (Phi) is 7.98. The van der Waals surface area contributed by atoms with Gasteiger partial charge in [0.05, 0.1) is 18.4 Å². The first-order valence-electron chi connectivity index (χ1n) is 9.45. The van der Waals surface area contributed by atoms with Crippen LogP contribution in [0.2, 0.25) is 5.02 Å². The Morgan fingerprint density at radius 2 is 1.87 bits per heavy atom. The SMILES string of the molecule is CCOc1cc(/C=N/NC(=S)Nc2cccc(Cl)c2)ccc1OC(=O)c1ccccc1. The van der Waals surface area contributed by atoms with Crippen molar-refractivity contribution >= 4 is 46.8 Å². The molecule has 158 valence electrons.